The van der Waals surface area contributed by atoms with Gasteiger partial charge in [0.1, 0.15) is 6.04 Å². The molecule has 0 spiro atoms. The van der Waals surface area contributed by atoms with Crippen LogP contribution in [-0.4, -0.2) is 58.8 Å². The number of anilines is 1. The van der Waals surface area contributed by atoms with E-state index in [0.717, 1.165) is 29.8 Å². The number of nitrogens with zero attached hydrogens (tertiary/aromatic N) is 1. The van der Waals surface area contributed by atoms with Gasteiger partial charge in [0, 0.05) is 30.2 Å². The lowest BCUT2D eigenvalue weighted by molar-refractivity contribution is -0.137. The van der Waals surface area contributed by atoms with Crippen LogP contribution in [0, 0.1) is 5.92 Å². The highest BCUT2D eigenvalue weighted by atomic mass is 33.1. The summed E-state index contributed by atoms with van der Waals surface area (Å²) in [5, 5.41) is 22.4. The third-order valence-corrected chi connectivity index (χ3v) is 9.30. The number of aliphatic hydroxyl groups excluding tert-OH is 1. The molecule has 1 fully saturated rings. The number of carboxylic acid groups (broad SMARTS) is 1. The Balaban J connectivity index is 1.97. The molecule has 4 atom stereocenters. The summed E-state index contributed by atoms with van der Waals surface area (Å²) in [4.78, 5) is 26.0. The molecule has 3 N–H and O–H groups in total. The van der Waals surface area contributed by atoms with Gasteiger partial charge in [0.15, 0.2) is 0 Å². The number of aliphatic hydroxyl groups is 1. The van der Waals surface area contributed by atoms with E-state index < -0.39 is 5.97 Å². The quantitative estimate of drug-likeness (QED) is 0.504. The Labute approximate surface area is 192 Å². The van der Waals surface area contributed by atoms with E-state index in [0.29, 0.717) is 24.0 Å². The minimum atomic E-state index is -0.744. The highest BCUT2D eigenvalue weighted by Crippen LogP contribution is 2.47. The first kappa shape index (κ1) is 24.3. The van der Waals surface area contributed by atoms with Gasteiger partial charge in [-0.05, 0) is 54.7 Å². The molecular weight excluding hydrogens is 432 g/mol. The average Bonchev–Trinajstić information content (AvgIpc) is 3.24. The van der Waals surface area contributed by atoms with Gasteiger partial charge in [0.2, 0.25) is 5.91 Å². The van der Waals surface area contributed by atoms with Crippen molar-refractivity contribution in [3.63, 3.8) is 0 Å². The molecule has 1 aromatic rings. The van der Waals surface area contributed by atoms with E-state index in [1.807, 2.05) is 42.5 Å². The minimum Gasteiger partial charge on any atom is -0.481 e. The molecule has 3 unspecified atom stereocenters. The molecule has 31 heavy (non-hydrogen) atoms. The number of rotatable bonds is 8. The number of likely N-dealkylation sites (N-methyl/N-ethyl adjacent to an activating group) is 1. The summed E-state index contributed by atoms with van der Waals surface area (Å²) in [6.07, 6.45) is 3.42. The molecular formula is C23H34N2O4S2. The monoisotopic (exact) mass is 466 g/mol. The fourth-order valence-corrected chi connectivity index (χ4v) is 7.96. The number of hydrogen-bond donors (Lipinski definition) is 3. The zero-order valence-electron chi connectivity index (χ0n) is 18.5. The lowest BCUT2D eigenvalue weighted by atomic mass is 9.86. The standard InChI is InChI=1S/C23H34N2O4S2/c1-14(2)22-23(29)24-17(13-26)11-16-8-7-15(12-19(16)25(22)3)18(5-4-6-21(27)28)20-9-10-30-31-20/h7-8,12,14,17-18,20,22,26H,4-6,9-11,13H2,1-3H3,(H,24,29)(H,27,28)/t17?,18-,20?,22?/m0/s1. The maximum Gasteiger partial charge on any atom is 0.303 e. The van der Waals surface area contributed by atoms with Crippen molar-refractivity contribution in [1.82, 2.24) is 5.32 Å². The van der Waals surface area contributed by atoms with Crippen molar-refractivity contribution < 1.29 is 19.8 Å². The molecule has 0 saturated carbocycles. The van der Waals surface area contributed by atoms with Crippen LogP contribution in [0.3, 0.4) is 0 Å². The predicted octanol–water partition coefficient (Wildman–Crippen LogP) is 3.67. The van der Waals surface area contributed by atoms with E-state index in [1.54, 1.807) is 0 Å². The van der Waals surface area contributed by atoms with Gasteiger partial charge in [-0.25, -0.2) is 0 Å². The van der Waals surface area contributed by atoms with Gasteiger partial charge < -0.3 is 20.4 Å². The summed E-state index contributed by atoms with van der Waals surface area (Å²) in [6.45, 7) is 4.00. The van der Waals surface area contributed by atoms with Crippen molar-refractivity contribution >= 4 is 39.2 Å². The molecule has 3 rings (SSSR count). The second-order valence-corrected chi connectivity index (χ2v) is 11.6. The topological polar surface area (TPSA) is 89.9 Å². The van der Waals surface area contributed by atoms with Crippen LogP contribution < -0.4 is 10.2 Å². The molecule has 172 valence electrons. The van der Waals surface area contributed by atoms with Gasteiger partial charge in [-0.3, -0.25) is 9.59 Å². The highest BCUT2D eigenvalue weighted by Gasteiger charge is 2.34. The lowest BCUT2D eigenvalue weighted by Gasteiger charge is -2.37. The third-order valence-electron chi connectivity index (χ3n) is 6.30. The molecule has 1 aromatic carbocycles. The van der Waals surface area contributed by atoms with Crippen LogP contribution in [0.25, 0.3) is 0 Å². The van der Waals surface area contributed by atoms with Crippen molar-refractivity contribution in [3.05, 3.63) is 29.3 Å². The fourth-order valence-electron chi connectivity index (χ4n) is 4.76. The van der Waals surface area contributed by atoms with Gasteiger partial charge >= 0.3 is 5.97 Å². The predicted molar refractivity (Wildman–Crippen MR) is 129 cm³/mol. The average molecular weight is 467 g/mol. The first-order valence-corrected chi connectivity index (χ1v) is 13.5. The first-order valence-electron chi connectivity index (χ1n) is 11.1. The second kappa shape index (κ2) is 11.0. The van der Waals surface area contributed by atoms with Crippen molar-refractivity contribution in [3.8, 4) is 0 Å². The van der Waals surface area contributed by atoms with E-state index in [9.17, 15) is 14.7 Å². The van der Waals surface area contributed by atoms with Crippen LogP contribution in [-0.2, 0) is 16.0 Å². The molecule has 0 bridgehead atoms. The summed E-state index contributed by atoms with van der Waals surface area (Å²) in [5.41, 5.74) is 3.39. The summed E-state index contributed by atoms with van der Waals surface area (Å²) < 4.78 is 0. The van der Waals surface area contributed by atoms with E-state index in [1.165, 1.54) is 5.56 Å². The van der Waals surface area contributed by atoms with Gasteiger partial charge in [-0.1, -0.05) is 47.6 Å². The lowest BCUT2D eigenvalue weighted by Crippen LogP contribution is -2.54. The number of carboxylic acids is 1. The molecule has 0 aromatic heterocycles. The Kier molecular flexibility index (Phi) is 8.58. The molecule has 1 amide bonds. The zero-order chi connectivity index (χ0) is 22.5. The number of aliphatic carboxylic acids is 1. The van der Waals surface area contributed by atoms with E-state index in [2.05, 4.69) is 28.4 Å². The Morgan fingerprint density at radius 3 is 2.74 bits per heavy atom. The SMILES string of the molecule is CC(C)C1C(=O)NC(CO)Cc2ccc([C@H](CCCC(=O)O)C3CCSS3)cc2N1C. The summed E-state index contributed by atoms with van der Waals surface area (Å²) in [7, 11) is 5.79. The van der Waals surface area contributed by atoms with Gasteiger partial charge in [0.25, 0.3) is 0 Å². The Morgan fingerprint density at radius 1 is 1.35 bits per heavy atom. The van der Waals surface area contributed by atoms with Crippen LogP contribution in [0.15, 0.2) is 18.2 Å². The number of fused-ring (bicyclic) bond motifs is 1. The number of nitrogens with one attached hydrogen (secondary N) is 1. The molecule has 0 radical (unpaired) electrons. The second-order valence-electron chi connectivity index (χ2n) is 8.92. The van der Waals surface area contributed by atoms with E-state index >= 15 is 0 Å². The smallest absolute Gasteiger partial charge is 0.303 e. The molecule has 8 heteroatoms. The normalized spacial score (nSPS) is 25.0. The van der Waals surface area contributed by atoms with Crippen LogP contribution >= 0.6 is 21.6 Å². The highest BCUT2D eigenvalue weighted by molar-refractivity contribution is 8.77. The van der Waals surface area contributed by atoms with Crippen molar-refractivity contribution in [2.24, 2.45) is 5.92 Å². The van der Waals surface area contributed by atoms with Crippen LogP contribution in [0.5, 0.6) is 0 Å². The van der Waals surface area contributed by atoms with Crippen LogP contribution in [0.4, 0.5) is 5.69 Å². The van der Waals surface area contributed by atoms with E-state index in [-0.39, 0.29) is 36.9 Å². The number of benzene rings is 1. The summed E-state index contributed by atoms with van der Waals surface area (Å²) in [6, 6.07) is 5.91. The Morgan fingerprint density at radius 2 is 2.13 bits per heavy atom. The van der Waals surface area contributed by atoms with Gasteiger partial charge in [0.05, 0.1) is 12.6 Å². The first-order chi connectivity index (χ1) is 14.8. The molecule has 0 aliphatic carbocycles. The maximum absolute atomic E-state index is 12.9. The zero-order valence-corrected chi connectivity index (χ0v) is 20.2. The molecule has 1 saturated heterocycles. The molecule has 2 heterocycles. The fraction of sp³-hybridized carbons (Fsp3) is 0.652. The molecule has 6 nitrogen and oxygen atoms in total. The Bertz CT molecular complexity index is 783. The molecule has 2 aliphatic rings. The summed E-state index contributed by atoms with van der Waals surface area (Å²) >= 11 is 0. The third kappa shape index (κ3) is 5.90. The molecule has 2 aliphatic heterocycles. The van der Waals surface area contributed by atoms with Crippen molar-refractivity contribution in [1.29, 1.82) is 0 Å². The van der Waals surface area contributed by atoms with Gasteiger partial charge in [-0.15, -0.1) is 0 Å². The van der Waals surface area contributed by atoms with Crippen LogP contribution in [0.1, 0.15) is 56.6 Å². The minimum absolute atomic E-state index is 0.0478. The van der Waals surface area contributed by atoms with Crippen LogP contribution in [0.2, 0.25) is 0 Å². The largest absolute Gasteiger partial charge is 0.481 e. The van der Waals surface area contributed by atoms with Gasteiger partial charge in [-0.2, -0.15) is 0 Å². The summed E-state index contributed by atoms with van der Waals surface area (Å²) in [5.74, 6) is 0.749. The number of carbonyl (C=O) groups excluding carboxylic acids is 1. The number of carbonyl (C=O) groups is 2. The Hall–Kier alpha value is -1.38. The van der Waals surface area contributed by atoms with Crippen molar-refractivity contribution in [2.75, 3.05) is 24.3 Å². The van der Waals surface area contributed by atoms with Crippen molar-refractivity contribution in [2.45, 2.75) is 69.2 Å². The van der Waals surface area contributed by atoms with E-state index in [4.69, 9.17) is 5.11 Å². The number of hydrogen-bond acceptors (Lipinski definition) is 6. The maximum atomic E-state index is 12.9. The number of amides is 1.